The highest BCUT2D eigenvalue weighted by atomic mass is 19.1. The first-order valence-electron chi connectivity index (χ1n) is 4.89. The van der Waals surface area contributed by atoms with Crippen molar-refractivity contribution in [3.63, 3.8) is 0 Å². The van der Waals surface area contributed by atoms with Crippen LogP contribution in [0.1, 0.15) is 17.2 Å². The molecule has 1 N–H and O–H groups in total. The minimum absolute atomic E-state index is 0.324. The molecule has 0 fully saturated rings. The first-order valence-corrected chi connectivity index (χ1v) is 4.89. The van der Waals surface area contributed by atoms with Crippen molar-refractivity contribution >= 4 is 0 Å². The van der Waals surface area contributed by atoms with Gasteiger partial charge in [0, 0.05) is 0 Å². The van der Waals surface area contributed by atoms with Gasteiger partial charge in [0.1, 0.15) is 11.6 Å². The molecule has 0 aliphatic heterocycles. The molecule has 0 saturated heterocycles. The van der Waals surface area contributed by atoms with Crippen molar-refractivity contribution in [1.82, 2.24) is 5.73 Å². The highest BCUT2D eigenvalue weighted by molar-refractivity contribution is 5.31. The van der Waals surface area contributed by atoms with Gasteiger partial charge in [0.15, 0.2) is 0 Å². The van der Waals surface area contributed by atoms with Crippen molar-refractivity contribution < 1.29 is 8.78 Å². The maximum Gasteiger partial charge on any atom is 0.123 e. The van der Waals surface area contributed by atoms with Gasteiger partial charge in [-0.1, -0.05) is 24.3 Å². The molecule has 0 aliphatic carbocycles. The van der Waals surface area contributed by atoms with E-state index in [1.54, 1.807) is 24.3 Å². The summed E-state index contributed by atoms with van der Waals surface area (Å²) < 4.78 is 25.4. The number of nitrogens with one attached hydrogen (secondary N) is 1. The van der Waals surface area contributed by atoms with Crippen LogP contribution in [0.25, 0.3) is 0 Å². The van der Waals surface area contributed by atoms with Crippen LogP contribution in [0.2, 0.25) is 0 Å². The standard InChI is InChI=1S/C13H10F2N/c14-11-5-1-9(2-6-11)13(16)10-3-7-12(15)8-4-10/h1-8,13,16H. The zero-order valence-corrected chi connectivity index (χ0v) is 8.45. The molecule has 0 aromatic heterocycles. The maximum absolute atomic E-state index is 12.7. The molecular weight excluding hydrogens is 208 g/mol. The zero-order chi connectivity index (χ0) is 11.5. The Morgan fingerprint density at radius 3 is 1.31 bits per heavy atom. The summed E-state index contributed by atoms with van der Waals surface area (Å²) in [6.07, 6.45) is 0. The summed E-state index contributed by atoms with van der Waals surface area (Å²) >= 11 is 0. The summed E-state index contributed by atoms with van der Waals surface area (Å²) in [5.41, 5.74) is 9.33. The fourth-order valence-electron chi connectivity index (χ4n) is 1.50. The van der Waals surface area contributed by atoms with E-state index in [1.807, 2.05) is 0 Å². The third kappa shape index (κ3) is 2.25. The smallest absolute Gasteiger partial charge is 0.123 e. The number of benzene rings is 2. The second-order valence-corrected chi connectivity index (χ2v) is 3.54. The zero-order valence-electron chi connectivity index (χ0n) is 8.45. The Morgan fingerprint density at radius 2 is 1.00 bits per heavy atom. The monoisotopic (exact) mass is 218 g/mol. The van der Waals surface area contributed by atoms with E-state index in [-0.39, 0.29) is 11.6 Å². The molecule has 0 heterocycles. The highest BCUT2D eigenvalue weighted by Gasteiger charge is 2.09. The van der Waals surface area contributed by atoms with Gasteiger partial charge in [-0.15, -0.1) is 0 Å². The van der Waals surface area contributed by atoms with Crippen LogP contribution < -0.4 is 5.73 Å². The second kappa shape index (κ2) is 4.41. The molecule has 1 nitrogen and oxygen atoms in total. The van der Waals surface area contributed by atoms with Crippen LogP contribution in [-0.2, 0) is 0 Å². The molecule has 16 heavy (non-hydrogen) atoms. The number of hydrogen-bond donors (Lipinski definition) is 0. The average Bonchev–Trinajstić information content (AvgIpc) is 2.30. The molecule has 2 rings (SSSR count). The summed E-state index contributed by atoms with van der Waals surface area (Å²) in [6, 6.07) is 10.9. The lowest BCUT2D eigenvalue weighted by Gasteiger charge is -2.11. The van der Waals surface area contributed by atoms with Gasteiger partial charge in [0.2, 0.25) is 0 Å². The van der Waals surface area contributed by atoms with E-state index in [0.29, 0.717) is 11.1 Å². The fraction of sp³-hybridized carbons (Fsp3) is 0.0769. The average molecular weight is 218 g/mol. The van der Waals surface area contributed by atoms with Gasteiger partial charge < -0.3 is 0 Å². The predicted octanol–water partition coefficient (Wildman–Crippen LogP) is 3.34. The van der Waals surface area contributed by atoms with Gasteiger partial charge in [0.25, 0.3) is 0 Å². The van der Waals surface area contributed by atoms with Crippen molar-refractivity contribution in [2.24, 2.45) is 0 Å². The minimum Gasteiger partial charge on any atom is -0.245 e. The quantitative estimate of drug-likeness (QED) is 0.738. The summed E-state index contributed by atoms with van der Waals surface area (Å²) in [5.74, 6) is -0.648. The summed E-state index contributed by atoms with van der Waals surface area (Å²) in [7, 11) is 0. The largest absolute Gasteiger partial charge is 0.245 e. The topological polar surface area (TPSA) is 23.8 Å². The third-order valence-corrected chi connectivity index (χ3v) is 2.41. The van der Waals surface area contributed by atoms with Crippen LogP contribution in [0.15, 0.2) is 48.5 Å². The fourth-order valence-corrected chi connectivity index (χ4v) is 1.50. The van der Waals surface area contributed by atoms with Crippen molar-refractivity contribution in [2.45, 2.75) is 6.04 Å². The summed E-state index contributed by atoms with van der Waals surface area (Å²) in [6.45, 7) is 0. The number of rotatable bonds is 2. The van der Waals surface area contributed by atoms with Gasteiger partial charge in [-0.3, -0.25) is 0 Å². The molecular formula is C13H10F2N. The van der Waals surface area contributed by atoms with E-state index < -0.39 is 6.04 Å². The first kappa shape index (κ1) is 10.8. The van der Waals surface area contributed by atoms with Gasteiger partial charge in [-0.25, -0.2) is 14.5 Å². The SMILES string of the molecule is [NH]C(c1ccc(F)cc1)c1ccc(F)cc1. The van der Waals surface area contributed by atoms with Gasteiger partial charge >= 0.3 is 0 Å². The molecule has 0 atom stereocenters. The molecule has 81 valence electrons. The van der Waals surface area contributed by atoms with E-state index in [0.717, 1.165) is 0 Å². The van der Waals surface area contributed by atoms with Crippen molar-refractivity contribution in [3.8, 4) is 0 Å². The van der Waals surface area contributed by atoms with Crippen LogP contribution >= 0.6 is 0 Å². The number of halogens is 2. The van der Waals surface area contributed by atoms with E-state index in [4.69, 9.17) is 5.73 Å². The van der Waals surface area contributed by atoms with E-state index >= 15 is 0 Å². The molecule has 0 unspecified atom stereocenters. The van der Waals surface area contributed by atoms with Crippen LogP contribution in [0.3, 0.4) is 0 Å². The molecule has 0 saturated carbocycles. The molecule has 0 bridgehead atoms. The molecule has 0 amide bonds. The Morgan fingerprint density at radius 1 is 0.688 bits per heavy atom. The molecule has 2 aromatic carbocycles. The normalized spacial score (nSPS) is 10.8. The number of hydrogen-bond acceptors (Lipinski definition) is 0. The van der Waals surface area contributed by atoms with E-state index in [9.17, 15) is 8.78 Å². The summed E-state index contributed by atoms with van der Waals surface area (Å²) in [5, 5.41) is 0. The predicted molar refractivity (Wildman–Crippen MR) is 57.7 cm³/mol. The lowest BCUT2D eigenvalue weighted by atomic mass is 10.00. The van der Waals surface area contributed by atoms with Crippen molar-refractivity contribution in [2.75, 3.05) is 0 Å². The van der Waals surface area contributed by atoms with E-state index in [2.05, 4.69) is 0 Å². The van der Waals surface area contributed by atoms with Crippen LogP contribution in [-0.4, -0.2) is 0 Å². The summed E-state index contributed by atoms with van der Waals surface area (Å²) in [4.78, 5) is 0. The Hall–Kier alpha value is -1.74. The minimum atomic E-state index is -0.610. The maximum atomic E-state index is 12.7. The molecule has 1 radical (unpaired) electrons. The molecule has 2 aromatic rings. The Labute approximate surface area is 92.5 Å². The first-order chi connectivity index (χ1) is 7.66. The van der Waals surface area contributed by atoms with E-state index in [1.165, 1.54) is 24.3 Å². The highest BCUT2D eigenvalue weighted by Crippen LogP contribution is 2.21. The lowest BCUT2D eigenvalue weighted by Crippen LogP contribution is -2.01. The van der Waals surface area contributed by atoms with Crippen LogP contribution in [0, 0.1) is 11.6 Å². The Bertz CT molecular complexity index is 417. The Kier molecular flexibility index (Phi) is 2.97. The van der Waals surface area contributed by atoms with Gasteiger partial charge in [-0.2, -0.15) is 0 Å². The van der Waals surface area contributed by atoms with Crippen molar-refractivity contribution in [3.05, 3.63) is 71.3 Å². The van der Waals surface area contributed by atoms with Crippen molar-refractivity contribution in [1.29, 1.82) is 0 Å². The van der Waals surface area contributed by atoms with Crippen LogP contribution in [0.5, 0.6) is 0 Å². The van der Waals surface area contributed by atoms with Crippen LogP contribution in [0.4, 0.5) is 8.78 Å². The van der Waals surface area contributed by atoms with Gasteiger partial charge in [0.05, 0.1) is 6.04 Å². The Balaban J connectivity index is 2.28. The second-order valence-electron chi connectivity index (χ2n) is 3.54. The molecule has 0 aliphatic rings. The van der Waals surface area contributed by atoms with Gasteiger partial charge in [-0.05, 0) is 35.4 Å². The lowest BCUT2D eigenvalue weighted by molar-refractivity contribution is 0.624. The third-order valence-electron chi connectivity index (χ3n) is 2.41. The molecule has 3 heteroatoms. The molecule has 0 spiro atoms.